The van der Waals surface area contributed by atoms with Crippen molar-refractivity contribution >= 4 is 11.6 Å². The van der Waals surface area contributed by atoms with Gasteiger partial charge >= 0.3 is 0 Å². The van der Waals surface area contributed by atoms with Crippen LogP contribution in [0.1, 0.15) is 71.4 Å². The Bertz CT molecular complexity index is 680. The van der Waals surface area contributed by atoms with Gasteiger partial charge in [0.25, 0.3) is 0 Å². The van der Waals surface area contributed by atoms with Gasteiger partial charge in [0.2, 0.25) is 0 Å². The average molecular weight is 363 g/mol. The van der Waals surface area contributed by atoms with Gasteiger partial charge in [-0.15, -0.1) is 0 Å². The third-order valence-corrected chi connectivity index (χ3v) is 4.89. The van der Waals surface area contributed by atoms with Crippen molar-refractivity contribution in [1.29, 1.82) is 0 Å². The summed E-state index contributed by atoms with van der Waals surface area (Å²) in [6.45, 7) is 15.3. The molecule has 0 fully saturated rings. The van der Waals surface area contributed by atoms with Crippen LogP contribution in [0.4, 0.5) is 0 Å². The predicted molar refractivity (Wildman–Crippen MR) is 125 cm³/mol. The minimum absolute atomic E-state index is 0.541. The number of rotatable bonds is 7. The van der Waals surface area contributed by atoms with Gasteiger partial charge in [-0.3, -0.25) is 0 Å². The lowest BCUT2D eigenvalue weighted by Gasteiger charge is -2.23. The van der Waals surface area contributed by atoms with E-state index in [1.807, 2.05) is 0 Å². The summed E-state index contributed by atoms with van der Waals surface area (Å²) < 4.78 is 0. The first kappa shape index (κ1) is 23.0. The molecule has 27 heavy (non-hydrogen) atoms. The van der Waals surface area contributed by atoms with Gasteiger partial charge in [0.05, 0.1) is 0 Å². The van der Waals surface area contributed by atoms with E-state index >= 15 is 0 Å². The molecule has 0 nitrogen and oxygen atoms in total. The lowest BCUT2D eigenvalue weighted by atomic mass is 9.81. The normalized spacial score (nSPS) is 16.5. The van der Waals surface area contributed by atoms with Crippen LogP contribution in [0, 0.1) is 11.8 Å². The van der Waals surface area contributed by atoms with Gasteiger partial charge in [0.1, 0.15) is 0 Å². The van der Waals surface area contributed by atoms with Crippen molar-refractivity contribution in [2.75, 3.05) is 0 Å². The molecule has 146 valence electrons. The highest BCUT2D eigenvalue weighted by Crippen LogP contribution is 2.35. The summed E-state index contributed by atoms with van der Waals surface area (Å²) in [4.78, 5) is 0. The second-order valence-electron chi connectivity index (χ2n) is 7.47. The highest BCUT2D eigenvalue weighted by atomic mass is 14.2. The molecule has 0 amide bonds. The van der Waals surface area contributed by atoms with E-state index in [1.165, 1.54) is 23.1 Å². The van der Waals surface area contributed by atoms with Crippen LogP contribution in [0.25, 0.3) is 11.6 Å². The third kappa shape index (κ3) is 7.99. The zero-order valence-corrected chi connectivity index (χ0v) is 18.0. The second kappa shape index (κ2) is 13.1. The highest BCUT2D eigenvalue weighted by Gasteiger charge is 2.18. The number of benzene rings is 1. The van der Waals surface area contributed by atoms with Crippen molar-refractivity contribution in [2.45, 2.75) is 60.3 Å². The topological polar surface area (TPSA) is 0 Å². The Morgan fingerprint density at radius 1 is 1.19 bits per heavy atom. The van der Waals surface area contributed by atoms with Crippen LogP contribution in [0.15, 0.2) is 72.9 Å². The molecule has 0 heteroatoms. The fraction of sp³-hybridized carbons (Fsp3) is 0.407. The molecule has 1 aliphatic rings. The molecule has 0 aromatic heterocycles. The minimum Gasteiger partial charge on any atom is -0.0908 e. The molecular formula is C27H38. The monoisotopic (exact) mass is 362 g/mol. The van der Waals surface area contributed by atoms with Crippen LogP contribution in [-0.2, 0) is 0 Å². The molecule has 1 unspecified atom stereocenters. The fourth-order valence-corrected chi connectivity index (χ4v) is 2.93. The van der Waals surface area contributed by atoms with E-state index in [2.05, 4.69) is 108 Å². The Balaban J connectivity index is 0.000000646. The molecule has 1 aliphatic carbocycles. The molecular weight excluding hydrogens is 324 g/mol. The maximum absolute atomic E-state index is 4.41. The van der Waals surface area contributed by atoms with Gasteiger partial charge in [-0.25, -0.2) is 0 Å². The van der Waals surface area contributed by atoms with Crippen molar-refractivity contribution < 1.29 is 0 Å². The van der Waals surface area contributed by atoms with E-state index in [0.29, 0.717) is 5.92 Å². The van der Waals surface area contributed by atoms with E-state index in [1.54, 1.807) is 0 Å². The van der Waals surface area contributed by atoms with Gasteiger partial charge < -0.3 is 0 Å². The van der Waals surface area contributed by atoms with Crippen LogP contribution in [0.2, 0.25) is 0 Å². The van der Waals surface area contributed by atoms with Crippen molar-refractivity contribution in [3.05, 3.63) is 84.0 Å². The van der Waals surface area contributed by atoms with E-state index in [9.17, 15) is 0 Å². The Morgan fingerprint density at radius 3 is 2.52 bits per heavy atom. The first-order valence-electron chi connectivity index (χ1n) is 10.5. The molecule has 0 spiro atoms. The lowest BCUT2D eigenvalue weighted by molar-refractivity contribution is 0.626. The molecule has 0 radical (unpaired) electrons. The van der Waals surface area contributed by atoms with Gasteiger partial charge in [-0.1, -0.05) is 107 Å². The molecule has 0 aliphatic heterocycles. The van der Waals surface area contributed by atoms with E-state index in [-0.39, 0.29) is 0 Å². The molecule has 0 N–H and O–H groups in total. The Morgan fingerprint density at radius 2 is 1.89 bits per heavy atom. The van der Waals surface area contributed by atoms with Crippen LogP contribution < -0.4 is 0 Å². The van der Waals surface area contributed by atoms with E-state index in [0.717, 1.165) is 30.8 Å². The molecule has 2 rings (SSSR count). The molecule has 0 bridgehead atoms. The molecule has 0 saturated carbocycles. The summed E-state index contributed by atoms with van der Waals surface area (Å²) in [6.07, 6.45) is 20.1. The number of allylic oxidation sites excluding steroid dienone is 8. The average Bonchev–Trinajstić information content (AvgIpc) is 2.69. The van der Waals surface area contributed by atoms with E-state index in [4.69, 9.17) is 0 Å². The maximum atomic E-state index is 4.41. The highest BCUT2D eigenvalue weighted by molar-refractivity contribution is 5.83. The van der Waals surface area contributed by atoms with Crippen molar-refractivity contribution in [1.82, 2.24) is 0 Å². The molecule has 1 atom stereocenters. The zero-order valence-electron chi connectivity index (χ0n) is 18.0. The SMILES string of the molecule is C=C(C1=CC=CCC1CC=CCC)c1ccccc1/C=C\C.CCC(C)C. The Labute approximate surface area is 168 Å². The minimum atomic E-state index is 0.541. The summed E-state index contributed by atoms with van der Waals surface area (Å²) in [6, 6.07) is 8.52. The predicted octanol–water partition coefficient (Wildman–Crippen LogP) is 8.64. The van der Waals surface area contributed by atoms with Gasteiger partial charge in [-0.2, -0.15) is 0 Å². The van der Waals surface area contributed by atoms with Gasteiger partial charge in [0, 0.05) is 0 Å². The largest absolute Gasteiger partial charge is 0.0908 e. The van der Waals surface area contributed by atoms with Gasteiger partial charge in [-0.05, 0) is 60.3 Å². The van der Waals surface area contributed by atoms with Crippen LogP contribution in [-0.4, -0.2) is 0 Å². The van der Waals surface area contributed by atoms with E-state index < -0.39 is 0 Å². The van der Waals surface area contributed by atoms with Crippen molar-refractivity contribution in [3.63, 3.8) is 0 Å². The molecule has 1 aromatic carbocycles. The second-order valence-corrected chi connectivity index (χ2v) is 7.47. The molecule has 0 heterocycles. The molecule has 0 saturated heterocycles. The first-order chi connectivity index (χ1) is 13.0. The first-order valence-corrected chi connectivity index (χ1v) is 10.5. The molecule has 1 aromatic rings. The summed E-state index contributed by atoms with van der Waals surface area (Å²) in [7, 11) is 0. The fourth-order valence-electron chi connectivity index (χ4n) is 2.93. The Hall–Kier alpha value is -2.08. The maximum Gasteiger partial charge on any atom is -0.00868 e. The summed E-state index contributed by atoms with van der Waals surface area (Å²) in [5.41, 5.74) is 5.02. The van der Waals surface area contributed by atoms with Gasteiger partial charge in [0.15, 0.2) is 0 Å². The van der Waals surface area contributed by atoms with Crippen molar-refractivity contribution in [2.24, 2.45) is 11.8 Å². The van der Waals surface area contributed by atoms with Crippen molar-refractivity contribution in [3.8, 4) is 0 Å². The smallest absolute Gasteiger partial charge is 0.00868 e. The standard InChI is InChI=1S/C22H26.C5H12/c1-4-6-7-13-20-15-9-11-17-22(20)18(3)21-16-10-8-14-19(21)12-5-2;1-4-5(2)3/h5-12,14,16-17,20H,3-4,13,15H2,1-2H3;5H,4H2,1-3H3/b7-6?,12-5-;. The number of hydrogen-bond acceptors (Lipinski definition) is 0. The Kier molecular flexibility index (Phi) is 11.2. The zero-order chi connectivity index (χ0) is 20.1. The lowest BCUT2D eigenvalue weighted by Crippen LogP contribution is -2.07. The van der Waals surface area contributed by atoms with Crippen LogP contribution in [0.5, 0.6) is 0 Å². The van der Waals surface area contributed by atoms with Crippen LogP contribution in [0.3, 0.4) is 0 Å². The van der Waals surface area contributed by atoms with Crippen LogP contribution >= 0.6 is 0 Å². The number of hydrogen-bond donors (Lipinski definition) is 0. The third-order valence-electron chi connectivity index (χ3n) is 4.89. The quantitative estimate of drug-likeness (QED) is 0.426. The summed E-state index contributed by atoms with van der Waals surface area (Å²) >= 11 is 0. The summed E-state index contributed by atoms with van der Waals surface area (Å²) in [5.74, 6) is 1.42. The summed E-state index contributed by atoms with van der Waals surface area (Å²) in [5, 5.41) is 0.